The van der Waals surface area contributed by atoms with E-state index in [0.717, 1.165) is 17.0 Å². The molecule has 0 aliphatic carbocycles. The van der Waals surface area contributed by atoms with Crippen molar-refractivity contribution in [3.63, 3.8) is 0 Å². The van der Waals surface area contributed by atoms with E-state index in [4.69, 9.17) is 4.74 Å². The summed E-state index contributed by atoms with van der Waals surface area (Å²) < 4.78 is 30.8. The number of hydrogen-bond acceptors (Lipinski definition) is 5. The fourth-order valence-corrected chi connectivity index (χ4v) is 5.01. The molecule has 2 heterocycles. The van der Waals surface area contributed by atoms with Crippen molar-refractivity contribution in [3.05, 3.63) is 41.6 Å². The molecule has 0 bridgehead atoms. The maximum absolute atomic E-state index is 12.4. The zero-order valence-corrected chi connectivity index (χ0v) is 16.5. The molecule has 1 aromatic carbocycles. The van der Waals surface area contributed by atoms with Gasteiger partial charge in [0.25, 0.3) is 0 Å². The minimum absolute atomic E-state index is 0.0682. The molecule has 1 amide bonds. The number of carbonyl (C=O) groups is 1. The minimum Gasteiger partial charge on any atom is -0.494 e. The molecule has 0 spiro atoms. The molecule has 7 nitrogen and oxygen atoms in total. The molecule has 0 radical (unpaired) electrons. The summed E-state index contributed by atoms with van der Waals surface area (Å²) in [5, 5.41) is 7.27. The van der Waals surface area contributed by atoms with Gasteiger partial charge in [-0.15, -0.1) is 0 Å². The van der Waals surface area contributed by atoms with Gasteiger partial charge in [-0.05, 0) is 38.3 Å². The number of rotatable bonds is 7. The summed E-state index contributed by atoms with van der Waals surface area (Å²) in [6, 6.07) is 9.24. The maximum Gasteiger partial charge on any atom is 0.225 e. The number of aromatic nitrogens is 2. The van der Waals surface area contributed by atoms with Crippen LogP contribution in [-0.2, 0) is 21.1 Å². The number of amides is 1. The monoisotopic (exact) mass is 391 g/mol. The Labute approximate surface area is 159 Å². The van der Waals surface area contributed by atoms with Crippen LogP contribution in [0.25, 0.3) is 0 Å². The molecule has 1 aliphatic rings. The summed E-state index contributed by atoms with van der Waals surface area (Å²) in [5.74, 6) is 1.45. The molecule has 1 fully saturated rings. The third kappa shape index (κ3) is 4.88. The zero-order chi connectivity index (χ0) is 19.4. The summed E-state index contributed by atoms with van der Waals surface area (Å²) >= 11 is 0. The number of carbonyl (C=O) groups excluding carboxylic acids is 1. The van der Waals surface area contributed by atoms with Gasteiger partial charge in [0.15, 0.2) is 9.84 Å². The van der Waals surface area contributed by atoms with Gasteiger partial charge in [0.1, 0.15) is 11.6 Å². The highest BCUT2D eigenvalue weighted by molar-refractivity contribution is 7.91. The molecule has 27 heavy (non-hydrogen) atoms. The summed E-state index contributed by atoms with van der Waals surface area (Å²) in [6.07, 6.45) is 1.39. The normalized spacial score (nSPS) is 18.4. The molecule has 1 aliphatic heterocycles. The average Bonchev–Trinajstić information content (AvgIpc) is 3.16. The second kappa shape index (κ2) is 8.12. The van der Waals surface area contributed by atoms with Crippen LogP contribution in [0, 0.1) is 6.92 Å². The van der Waals surface area contributed by atoms with E-state index in [1.165, 1.54) is 0 Å². The largest absolute Gasteiger partial charge is 0.494 e. The van der Waals surface area contributed by atoms with Crippen LogP contribution in [0.1, 0.15) is 37.1 Å². The highest BCUT2D eigenvalue weighted by Gasteiger charge is 2.31. The van der Waals surface area contributed by atoms with Crippen molar-refractivity contribution in [2.24, 2.45) is 0 Å². The summed E-state index contributed by atoms with van der Waals surface area (Å²) in [5.41, 5.74) is 1.73. The Morgan fingerprint density at radius 2 is 2.15 bits per heavy atom. The van der Waals surface area contributed by atoms with Crippen molar-refractivity contribution < 1.29 is 17.9 Å². The molecule has 1 aromatic heterocycles. The molecule has 8 heteroatoms. The highest BCUT2D eigenvalue weighted by Crippen LogP contribution is 2.27. The van der Waals surface area contributed by atoms with Crippen molar-refractivity contribution in [1.82, 2.24) is 9.78 Å². The van der Waals surface area contributed by atoms with Gasteiger partial charge in [-0.25, -0.2) is 13.1 Å². The maximum atomic E-state index is 12.4. The lowest BCUT2D eigenvalue weighted by molar-refractivity contribution is -0.116. The minimum atomic E-state index is -3.02. The third-order valence-electron chi connectivity index (χ3n) is 4.57. The highest BCUT2D eigenvalue weighted by atomic mass is 32.2. The second-order valence-corrected chi connectivity index (χ2v) is 8.99. The van der Waals surface area contributed by atoms with Crippen molar-refractivity contribution in [2.75, 3.05) is 23.4 Å². The topological polar surface area (TPSA) is 90.3 Å². The second-order valence-electron chi connectivity index (χ2n) is 6.76. The van der Waals surface area contributed by atoms with Gasteiger partial charge >= 0.3 is 0 Å². The van der Waals surface area contributed by atoms with Gasteiger partial charge in [-0.1, -0.05) is 18.2 Å². The Bertz CT molecular complexity index is 921. The SMILES string of the molecule is CCOc1ccccc1CCC(=O)Nc1cc(C)nn1C1CCS(=O)(=O)C1. The number of anilines is 1. The van der Waals surface area contributed by atoms with Crippen LogP contribution in [0.5, 0.6) is 5.75 Å². The molecule has 1 N–H and O–H groups in total. The molecule has 0 saturated carbocycles. The van der Waals surface area contributed by atoms with Gasteiger partial charge in [-0.3, -0.25) is 4.79 Å². The van der Waals surface area contributed by atoms with Gasteiger partial charge in [-0.2, -0.15) is 5.10 Å². The van der Waals surface area contributed by atoms with Crippen LogP contribution in [0.4, 0.5) is 5.82 Å². The fraction of sp³-hybridized carbons (Fsp3) is 0.474. The van der Waals surface area contributed by atoms with Crippen LogP contribution in [0.2, 0.25) is 0 Å². The Kier molecular flexibility index (Phi) is 5.84. The van der Waals surface area contributed by atoms with Crippen molar-refractivity contribution >= 4 is 21.6 Å². The molecule has 1 atom stereocenters. The van der Waals surface area contributed by atoms with E-state index in [1.807, 2.05) is 38.1 Å². The number of sulfone groups is 1. The van der Waals surface area contributed by atoms with Crippen LogP contribution < -0.4 is 10.1 Å². The van der Waals surface area contributed by atoms with E-state index in [9.17, 15) is 13.2 Å². The van der Waals surface area contributed by atoms with Gasteiger partial charge < -0.3 is 10.1 Å². The number of ether oxygens (including phenoxy) is 1. The average molecular weight is 391 g/mol. The first-order valence-corrected chi connectivity index (χ1v) is 11.0. The Morgan fingerprint density at radius 3 is 2.85 bits per heavy atom. The standard InChI is InChI=1S/C19H25N3O4S/c1-3-26-17-7-5-4-6-15(17)8-9-19(23)20-18-12-14(2)21-22(18)16-10-11-27(24,25)13-16/h4-7,12,16H,3,8-11,13H2,1-2H3,(H,20,23). The lowest BCUT2D eigenvalue weighted by atomic mass is 10.1. The Hall–Kier alpha value is -2.35. The smallest absolute Gasteiger partial charge is 0.225 e. The first-order chi connectivity index (χ1) is 12.9. The molecule has 1 unspecified atom stereocenters. The van der Waals surface area contributed by atoms with Crippen LogP contribution >= 0.6 is 0 Å². The molecule has 1 saturated heterocycles. The van der Waals surface area contributed by atoms with E-state index in [0.29, 0.717) is 31.7 Å². The number of benzene rings is 1. The number of para-hydroxylation sites is 1. The summed E-state index contributed by atoms with van der Waals surface area (Å²) in [4.78, 5) is 12.4. The van der Waals surface area contributed by atoms with Gasteiger partial charge in [0.05, 0.1) is 29.8 Å². The van der Waals surface area contributed by atoms with Gasteiger partial charge in [0.2, 0.25) is 5.91 Å². The van der Waals surface area contributed by atoms with Crippen LogP contribution in [0.15, 0.2) is 30.3 Å². The lowest BCUT2D eigenvalue weighted by Gasteiger charge is -2.14. The Balaban J connectivity index is 1.65. The lowest BCUT2D eigenvalue weighted by Crippen LogP contribution is -2.19. The summed E-state index contributed by atoms with van der Waals surface area (Å²) in [6.45, 7) is 4.33. The predicted molar refractivity (Wildman–Crippen MR) is 104 cm³/mol. The van der Waals surface area contributed by atoms with Crippen LogP contribution in [0.3, 0.4) is 0 Å². The Morgan fingerprint density at radius 1 is 1.37 bits per heavy atom. The first kappa shape index (κ1) is 19.4. The molecule has 146 valence electrons. The van der Waals surface area contributed by atoms with Crippen molar-refractivity contribution in [3.8, 4) is 5.75 Å². The number of nitrogens with one attached hydrogen (secondary N) is 1. The predicted octanol–water partition coefficient (Wildman–Crippen LogP) is 2.52. The first-order valence-electron chi connectivity index (χ1n) is 9.15. The summed E-state index contributed by atoms with van der Waals surface area (Å²) in [7, 11) is -3.02. The van der Waals surface area contributed by atoms with E-state index in [-0.39, 0.29) is 23.5 Å². The van der Waals surface area contributed by atoms with E-state index < -0.39 is 9.84 Å². The van der Waals surface area contributed by atoms with E-state index in [1.54, 1.807) is 10.7 Å². The zero-order valence-electron chi connectivity index (χ0n) is 15.6. The number of aryl methyl sites for hydroxylation is 2. The van der Waals surface area contributed by atoms with Crippen molar-refractivity contribution in [1.29, 1.82) is 0 Å². The molecular weight excluding hydrogens is 366 g/mol. The quantitative estimate of drug-likeness (QED) is 0.783. The van der Waals surface area contributed by atoms with Gasteiger partial charge in [0, 0.05) is 12.5 Å². The molecule has 2 aromatic rings. The third-order valence-corrected chi connectivity index (χ3v) is 6.32. The fourth-order valence-electron chi connectivity index (χ4n) is 3.32. The molecular formula is C19H25N3O4S. The van der Waals surface area contributed by atoms with E-state index in [2.05, 4.69) is 10.4 Å². The number of hydrogen-bond donors (Lipinski definition) is 1. The van der Waals surface area contributed by atoms with Crippen LogP contribution in [-0.4, -0.2) is 42.2 Å². The molecule has 3 rings (SSSR count). The number of nitrogens with zero attached hydrogens (tertiary/aromatic N) is 2. The van der Waals surface area contributed by atoms with E-state index >= 15 is 0 Å². The van der Waals surface area contributed by atoms with Crippen molar-refractivity contribution in [2.45, 2.75) is 39.2 Å².